The van der Waals surface area contributed by atoms with E-state index in [9.17, 15) is 0 Å². The van der Waals surface area contributed by atoms with Crippen LogP contribution in [0.25, 0.3) is 0 Å². The van der Waals surface area contributed by atoms with Gasteiger partial charge in [-0.05, 0) is 35.6 Å². The van der Waals surface area contributed by atoms with E-state index in [1.807, 2.05) is 0 Å². The number of morpholine rings is 1. The molecule has 0 radical (unpaired) electrons. The zero-order valence-corrected chi connectivity index (χ0v) is 15.2. The van der Waals surface area contributed by atoms with Crippen molar-refractivity contribution in [2.75, 3.05) is 37.7 Å². The summed E-state index contributed by atoms with van der Waals surface area (Å²) in [5.41, 5.74) is 5.95. The monoisotopic (exact) mass is 336 g/mol. The average Bonchev–Trinajstić information content (AvgIpc) is 2.69. The molecule has 0 N–H and O–H groups in total. The lowest BCUT2D eigenvalue weighted by molar-refractivity contribution is 0.122. The molecule has 1 saturated heterocycles. The molecule has 0 spiro atoms. The number of nitrogens with zero attached hydrogens (tertiary/aromatic N) is 2. The van der Waals surface area contributed by atoms with E-state index < -0.39 is 0 Å². The summed E-state index contributed by atoms with van der Waals surface area (Å²) in [5, 5.41) is 0. The fourth-order valence-corrected chi connectivity index (χ4v) is 4.35. The Hall–Kier alpha value is -1.84. The minimum Gasteiger partial charge on any atom is -0.378 e. The quantitative estimate of drug-likeness (QED) is 0.838. The van der Waals surface area contributed by atoms with Crippen molar-refractivity contribution in [3.8, 4) is 0 Å². The molecule has 3 nitrogen and oxygen atoms in total. The number of benzene rings is 2. The summed E-state index contributed by atoms with van der Waals surface area (Å²) >= 11 is 0. The van der Waals surface area contributed by atoms with Crippen molar-refractivity contribution in [1.29, 1.82) is 0 Å². The van der Waals surface area contributed by atoms with Gasteiger partial charge in [-0.2, -0.15) is 0 Å². The third kappa shape index (κ3) is 3.44. The summed E-state index contributed by atoms with van der Waals surface area (Å²) in [5.74, 6) is 0. The normalized spacial score (nSPS) is 21.2. The molecule has 132 valence electrons. The lowest BCUT2D eigenvalue weighted by Gasteiger charge is -2.41. The van der Waals surface area contributed by atoms with Gasteiger partial charge in [0.05, 0.1) is 13.2 Å². The van der Waals surface area contributed by atoms with Crippen LogP contribution in [-0.4, -0.2) is 37.7 Å². The van der Waals surface area contributed by atoms with Gasteiger partial charge in [0.1, 0.15) is 0 Å². The molecule has 25 heavy (non-hydrogen) atoms. The van der Waals surface area contributed by atoms with Crippen LogP contribution in [-0.2, 0) is 17.7 Å². The molecule has 0 aromatic heterocycles. The molecule has 0 bridgehead atoms. The van der Waals surface area contributed by atoms with Crippen molar-refractivity contribution in [1.82, 2.24) is 4.90 Å². The Morgan fingerprint density at radius 1 is 0.960 bits per heavy atom. The molecule has 3 heteroatoms. The van der Waals surface area contributed by atoms with Gasteiger partial charge in [-0.15, -0.1) is 0 Å². The van der Waals surface area contributed by atoms with Gasteiger partial charge in [0, 0.05) is 37.9 Å². The molecule has 4 rings (SSSR count). The van der Waals surface area contributed by atoms with Crippen LogP contribution in [0.5, 0.6) is 0 Å². The van der Waals surface area contributed by atoms with Gasteiger partial charge in [0.15, 0.2) is 0 Å². The Morgan fingerprint density at radius 2 is 1.76 bits per heavy atom. The Morgan fingerprint density at radius 3 is 2.52 bits per heavy atom. The first-order valence-corrected chi connectivity index (χ1v) is 9.59. The van der Waals surface area contributed by atoms with Crippen LogP contribution in [0.3, 0.4) is 0 Å². The Balaban J connectivity index is 1.65. The highest BCUT2D eigenvalue weighted by molar-refractivity contribution is 5.59. The molecule has 2 heterocycles. The van der Waals surface area contributed by atoms with E-state index in [1.54, 1.807) is 11.1 Å². The molecule has 0 saturated carbocycles. The Bertz CT molecular complexity index is 694. The summed E-state index contributed by atoms with van der Waals surface area (Å²) in [6.07, 6.45) is 2.30. The average molecular weight is 336 g/mol. The number of ether oxygens (including phenoxy) is 1. The van der Waals surface area contributed by atoms with Gasteiger partial charge in [0.2, 0.25) is 0 Å². The summed E-state index contributed by atoms with van der Waals surface area (Å²) < 4.78 is 5.57. The van der Waals surface area contributed by atoms with Crippen LogP contribution in [0.4, 0.5) is 5.69 Å². The van der Waals surface area contributed by atoms with Crippen LogP contribution in [0, 0.1) is 0 Å². The standard InChI is InChI=1S/C22H28N2O/c1-2-20-22-19(9-6-10-21(22)23-13-15-25-16-14-23)11-12-24(20)17-18-7-4-3-5-8-18/h3-10,20H,2,11-17H2,1H3. The van der Waals surface area contributed by atoms with Gasteiger partial charge in [-0.25, -0.2) is 0 Å². The lowest BCUT2D eigenvalue weighted by atomic mass is 9.88. The minimum atomic E-state index is 0.503. The van der Waals surface area contributed by atoms with Gasteiger partial charge in [0.25, 0.3) is 0 Å². The van der Waals surface area contributed by atoms with Crippen molar-refractivity contribution in [2.45, 2.75) is 32.4 Å². The first kappa shape index (κ1) is 16.6. The molecule has 2 aliphatic heterocycles. The SMILES string of the molecule is CCC1c2c(cccc2N2CCOCC2)CCN1Cc1ccccc1. The summed E-state index contributed by atoms with van der Waals surface area (Å²) in [7, 11) is 0. The largest absolute Gasteiger partial charge is 0.378 e. The second-order valence-corrected chi connectivity index (χ2v) is 7.08. The highest BCUT2D eigenvalue weighted by Gasteiger charge is 2.30. The lowest BCUT2D eigenvalue weighted by Crippen LogP contribution is -2.40. The molecule has 1 unspecified atom stereocenters. The summed E-state index contributed by atoms with van der Waals surface area (Å²) in [6, 6.07) is 18.3. The highest BCUT2D eigenvalue weighted by atomic mass is 16.5. The maximum Gasteiger partial charge on any atom is 0.0642 e. The Labute approximate surface area is 151 Å². The van der Waals surface area contributed by atoms with Gasteiger partial charge in [-0.1, -0.05) is 49.4 Å². The smallest absolute Gasteiger partial charge is 0.0642 e. The van der Waals surface area contributed by atoms with Crippen molar-refractivity contribution in [3.63, 3.8) is 0 Å². The van der Waals surface area contributed by atoms with Crippen molar-refractivity contribution in [3.05, 3.63) is 65.2 Å². The Kier molecular flexibility index (Phi) is 5.04. The molecule has 2 aliphatic rings. The summed E-state index contributed by atoms with van der Waals surface area (Å²) in [6.45, 7) is 8.20. The predicted octanol–water partition coefficient (Wildman–Crippen LogP) is 4.03. The molecule has 0 aliphatic carbocycles. The summed E-state index contributed by atoms with van der Waals surface area (Å²) in [4.78, 5) is 5.19. The topological polar surface area (TPSA) is 15.7 Å². The third-order valence-corrected chi connectivity index (χ3v) is 5.58. The number of anilines is 1. The zero-order valence-electron chi connectivity index (χ0n) is 15.2. The molecule has 1 atom stereocenters. The number of hydrogen-bond donors (Lipinski definition) is 0. The van der Waals surface area contributed by atoms with Crippen molar-refractivity contribution >= 4 is 5.69 Å². The van der Waals surface area contributed by atoms with E-state index in [-0.39, 0.29) is 0 Å². The number of fused-ring (bicyclic) bond motifs is 1. The minimum absolute atomic E-state index is 0.503. The van der Waals surface area contributed by atoms with Gasteiger partial charge >= 0.3 is 0 Å². The van der Waals surface area contributed by atoms with Crippen LogP contribution >= 0.6 is 0 Å². The molecule has 2 aromatic carbocycles. The molecule has 0 amide bonds. The molecular weight excluding hydrogens is 308 g/mol. The van der Waals surface area contributed by atoms with E-state index in [2.05, 4.69) is 65.3 Å². The second kappa shape index (κ2) is 7.59. The second-order valence-electron chi connectivity index (χ2n) is 7.08. The van der Waals surface area contributed by atoms with Crippen LogP contribution in [0.15, 0.2) is 48.5 Å². The fraction of sp³-hybridized carbons (Fsp3) is 0.455. The van der Waals surface area contributed by atoms with E-state index in [4.69, 9.17) is 4.74 Å². The zero-order chi connectivity index (χ0) is 17.1. The van der Waals surface area contributed by atoms with Crippen LogP contribution in [0.2, 0.25) is 0 Å². The molecular formula is C22H28N2O. The number of rotatable bonds is 4. The van der Waals surface area contributed by atoms with E-state index >= 15 is 0 Å². The highest BCUT2D eigenvalue weighted by Crippen LogP contribution is 2.39. The van der Waals surface area contributed by atoms with Crippen molar-refractivity contribution in [2.24, 2.45) is 0 Å². The predicted molar refractivity (Wildman–Crippen MR) is 103 cm³/mol. The molecule has 2 aromatic rings. The number of hydrogen-bond acceptors (Lipinski definition) is 3. The van der Waals surface area contributed by atoms with Gasteiger partial charge in [-0.3, -0.25) is 4.90 Å². The van der Waals surface area contributed by atoms with Crippen LogP contribution < -0.4 is 4.90 Å². The molecule has 1 fully saturated rings. The van der Waals surface area contributed by atoms with E-state index in [0.717, 1.165) is 52.2 Å². The van der Waals surface area contributed by atoms with Crippen LogP contribution in [0.1, 0.15) is 36.1 Å². The maximum atomic E-state index is 5.57. The third-order valence-electron chi connectivity index (χ3n) is 5.58. The van der Waals surface area contributed by atoms with Gasteiger partial charge < -0.3 is 9.64 Å². The fourth-order valence-electron chi connectivity index (χ4n) is 4.35. The first-order valence-electron chi connectivity index (χ1n) is 9.59. The maximum absolute atomic E-state index is 5.57. The van der Waals surface area contributed by atoms with E-state index in [0.29, 0.717) is 6.04 Å². The first-order chi connectivity index (χ1) is 12.4. The van der Waals surface area contributed by atoms with Crippen molar-refractivity contribution < 1.29 is 4.74 Å². The van der Waals surface area contributed by atoms with E-state index in [1.165, 1.54) is 11.3 Å².